The number of carboxylic acid groups (broad SMARTS) is 2. The van der Waals surface area contributed by atoms with E-state index in [2.05, 4.69) is 0 Å². The average molecular weight is 572 g/mol. The van der Waals surface area contributed by atoms with Crippen molar-refractivity contribution in [3.05, 3.63) is 65.7 Å². The van der Waals surface area contributed by atoms with Crippen molar-refractivity contribution >= 4 is 23.7 Å². The van der Waals surface area contributed by atoms with Gasteiger partial charge in [-0.1, -0.05) is 0 Å². The number of amides is 1. The lowest BCUT2D eigenvalue weighted by atomic mass is 10.1. The van der Waals surface area contributed by atoms with Crippen LogP contribution in [0.15, 0.2) is 54.6 Å². The molecule has 0 aliphatic heterocycles. The van der Waals surface area contributed by atoms with E-state index in [4.69, 9.17) is 35.6 Å². The average Bonchev–Trinajstić information content (AvgIpc) is 2.91. The summed E-state index contributed by atoms with van der Waals surface area (Å²) in [4.78, 5) is 33.9. The topological polar surface area (TPSA) is 172 Å². The van der Waals surface area contributed by atoms with Crippen LogP contribution in [0, 0.1) is 5.41 Å². The molecule has 0 aliphatic rings. The first-order chi connectivity index (χ1) is 19.4. The number of nitrogens with two attached hydrogens (primary N) is 1. The number of nitrogen functional groups attached to an aromatic ring is 1. The zero-order valence-electron chi connectivity index (χ0n) is 24.3. The molecule has 0 bridgehead atoms. The molecule has 2 rings (SSSR count). The summed E-state index contributed by atoms with van der Waals surface area (Å²) in [5, 5.41) is 23.0. The van der Waals surface area contributed by atoms with E-state index >= 15 is 0 Å². The van der Waals surface area contributed by atoms with Crippen LogP contribution in [-0.2, 0) is 9.59 Å². The molecule has 0 atom stereocenters. The molecule has 0 saturated carbocycles. The van der Waals surface area contributed by atoms with Gasteiger partial charge in [0.1, 0.15) is 11.6 Å². The van der Waals surface area contributed by atoms with E-state index in [1.807, 2.05) is 44.7 Å². The number of carbonyl (C=O) groups is 3. The molecule has 1 amide bonds. The van der Waals surface area contributed by atoms with Gasteiger partial charge in [0.25, 0.3) is 5.91 Å². The molecule has 0 fully saturated rings. The van der Waals surface area contributed by atoms with Gasteiger partial charge in [-0.05, 0) is 89.4 Å². The summed E-state index contributed by atoms with van der Waals surface area (Å²) >= 11 is 0. The summed E-state index contributed by atoms with van der Waals surface area (Å²) in [5.41, 5.74) is 6.73. The lowest BCUT2D eigenvalue weighted by molar-refractivity contribution is -0.134. The number of methoxy groups -OCH3 is 1. The van der Waals surface area contributed by atoms with Crippen molar-refractivity contribution in [3.8, 4) is 17.2 Å². The monoisotopic (exact) mass is 571 g/mol. The molecule has 0 aliphatic carbocycles. The summed E-state index contributed by atoms with van der Waals surface area (Å²) in [6, 6.07) is 12.8. The van der Waals surface area contributed by atoms with Crippen LogP contribution in [-0.4, -0.2) is 71.2 Å². The second-order valence-electron chi connectivity index (χ2n) is 9.47. The number of amidine groups is 1. The number of carbonyl (C=O) groups excluding carboxylic acids is 1. The highest BCUT2D eigenvalue weighted by atomic mass is 16.5. The fraction of sp³-hybridized carbons (Fsp3) is 0.400. The van der Waals surface area contributed by atoms with Gasteiger partial charge < -0.3 is 35.1 Å². The van der Waals surface area contributed by atoms with Crippen LogP contribution in [0.5, 0.6) is 17.2 Å². The van der Waals surface area contributed by atoms with Crippen LogP contribution in [0.2, 0.25) is 0 Å². The molecule has 11 heteroatoms. The van der Waals surface area contributed by atoms with Crippen molar-refractivity contribution in [3.63, 3.8) is 0 Å². The Hall–Kier alpha value is -4.54. The van der Waals surface area contributed by atoms with E-state index < -0.39 is 11.9 Å². The maximum Gasteiger partial charge on any atom is 0.328 e. The number of unbranched alkanes of at least 4 members (excludes halogenated alkanes) is 2. The lowest BCUT2D eigenvalue weighted by Crippen LogP contribution is -2.42. The molecule has 0 saturated heterocycles. The summed E-state index contributed by atoms with van der Waals surface area (Å²) < 4.78 is 17.1. The van der Waals surface area contributed by atoms with Crippen LogP contribution in [0.1, 0.15) is 62.9 Å². The van der Waals surface area contributed by atoms with E-state index in [9.17, 15) is 14.4 Å². The van der Waals surface area contributed by atoms with Gasteiger partial charge in [-0.2, -0.15) is 0 Å². The second kappa shape index (κ2) is 17.9. The van der Waals surface area contributed by atoms with E-state index in [0.717, 1.165) is 25.0 Å². The first-order valence-corrected chi connectivity index (χ1v) is 13.2. The molecule has 224 valence electrons. The molecule has 2 aromatic carbocycles. The summed E-state index contributed by atoms with van der Waals surface area (Å²) in [7, 11) is 1.58. The zero-order chi connectivity index (χ0) is 30.9. The fourth-order valence-corrected chi connectivity index (χ4v) is 3.76. The van der Waals surface area contributed by atoms with Crippen LogP contribution in [0.25, 0.3) is 0 Å². The number of aliphatic carboxylic acids is 2. The van der Waals surface area contributed by atoms with Gasteiger partial charge >= 0.3 is 11.9 Å². The van der Waals surface area contributed by atoms with Gasteiger partial charge in [0.2, 0.25) is 0 Å². The van der Waals surface area contributed by atoms with Crippen LogP contribution in [0.4, 0.5) is 0 Å². The predicted octanol–water partition coefficient (Wildman–Crippen LogP) is 4.58. The highest BCUT2D eigenvalue weighted by Crippen LogP contribution is 2.29. The molecule has 0 radical (unpaired) electrons. The molecule has 0 spiro atoms. The number of nitrogens with one attached hydrogen (secondary N) is 1. The summed E-state index contributed by atoms with van der Waals surface area (Å²) in [6.45, 7) is 9.23. The van der Waals surface area contributed by atoms with E-state index in [1.165, 1.54) is 0 Å². The molecular weight excluding hydrogens is 530 g/mol. The van der Waals surface area contributed by atoms with Crippen LogP contribution < -0.4 is 19.9 Å². The Morgan fingerprint density at radius 1 is 0.829 bits per heavy atom. The number of rotatable bonds is 15. The van der Waals surface area contributed by atoms with Gasteiger partial charge in [-0.3, -0.25) is 10.2 Å². The second-order valence-corrected chi connectivity index (χ2v) is 9.47. The van der Waals surface area contributed by atoms with Crippen molar-refractivity contribution in [2.24, 2.45) is 5.73 Å². The standard InChI is InChI=1S/C26H37N3O4.C4H4O4/c1-18(2)29(19(3)4)26(30)21-11-14-23(24(17-21)31-5)33-16-8-6-7-15-32-22-12-9-20(10-13-22)25(27)28;5-3(6)1-2-4(7)8/h9-14,17-19H,6-8,15-16H2,1-5H3,(H3,27,28);1-2H,(H,5,6)(H,7,8)/b;2-1-. The molecule has 11 nitrogen and oxygen atoms in total. The summed E-state index contributed by atoms with van der Waals surface area (Å²) in [6.07, 6.45) is 3.86. The number of hydrogen-bond acceptors (Lipinski definition) is 7. The third-order valence-corrected chi connectivity index (χ3v) is 5.61. The van der Waals surface area contributed by atoms with Crippen LogP contribution in [0.3, 0.4) is 0 Å². The smallest absolute Gasteiger partial charge is 0.328 e. The third kappa shape index (κ3) is 12.9. The number of carboxylic acids is 2. The van der Waals surface area contributed by atoms with Crippen molar-refractivity contribution in [1.29, 1.82) is 5.41 Å². The van der Waals surface area contributed by atoms with Gasteiger partial charge in [-0.15, -0.1) is 0 Å². The van der Waals surface area contributed by atoms with E-state index in [0.29, 0.717) is 48.0 Å². The fourth-order valence-electron chi connectivity index (χ4n) is 3.76. The van der Waals surface area contributed by atoms with Gasteiger partial charge in [0.05, 0.1) is 20.3 Å². The quantitative estimate of drug-likeness (QED) is 0.103. The van der Waals surface area contributed by atoms with Gasteiger partial charge in [-0.25, -0.2) is 9.59 Å². The minimum absolute atomic E-state index is 0.0132. The minimum atomic E-state index is -1.26. The first kappa shape index (κ1) is 34.5. The molecule has 0 heterocycles. The molecule has 41 heavy (non-hydrogen) atoms. The van der Waals surface area contributed by atoms with Crippen LogP contribution >= 0.6 is 0 Å². The minimum Gasteiger partial charge on any atom is -0.494 e. The maximum atomic E-state index is 12.9. The van der Waals surface area contributed by atoms with Gasteiger partial charge in [0, 0.05) is 35.4 Å². The largest absolute Gasteiger partial charge is 0.494 e. The lowest BCUT2D eigenvalue weighted by Gasteiger charge is -2.31. The number of ether oxygens (including phenoxy) is 3. The van der Waals surface area contributed by atoms with E-state index in [-0.39, 0.29) is 23.8 Å². The molecule has 0 unspecified atom stereocenters. The van der Waals surface area contributed by atoms with Crippen molar-refractivity contribution < 1.29 is 38.8 Å². The Kier molecular flexibility index (Phi) is 15.1. The summed E-state index contributed by atoms with van der Waals surface area (Å²) in [5.74, 6) is -0.514. The maximum absolute atomic E-state index is 12.9. The predicted molar refractivity (Wildman–Crippen MR) is 156 cm³/mol. The molecule has 2 aromatic rings. The Bertz CT molecular complexity index is 1150. The van der Waals surface area contributed by atoms with E-state index in [1.54, 1.807) is 37.4 Å². The first-order valence-electron chi connectivity index (χ1n) is 13.2. The Morgan fingerprint density at radius 3 is 1.80 bits per heavy atom. The molecule has 5 N–H and O–H groups in total. The van der Waals surface area contributed by atoms with Crippen molar-refractivity contribution in [2.75, 3.05) is 20.3 Å². The molecule has 0 aromatic heterocycles. The zero-order valence-corrected chi connectivity index (χ0v) is 24.3. The third-order valence-electron chi connectivity index (χ3n) is 5.61. The van der Waals surface area contributed by atoms with Crippen molar-refractivity contribution in [2.45, 2.75) is 59.0 Å². The Labute approximate surface area is 241 Å². The SMILES string of the molecule is COc1cc(C(=O)N(C(C)C)C(C)C)ccc1OCCCCCOc1ccc(C(=N)N)cc1.O=C(O)/C=C\C(=O)O. The highest BCUT2D eigenvalue weighted by Gasteiger charge is 2.22. The Morgan fingerprint density at radius 2 is 1.34 bits per heavy atom. The highest BCUT2D eigenvalue weighted by molar-refractivity contribution is 5.95. The van der Waals surface area contributed by atoms with Crippen molar-refractivity contribution in [1.82, 2.24) is 4.90 Å². The molecular formula is C30H41N3O8. The van der Waals surface area contributed by atoms with Gasteiger partial charge in [0.15, 0.2) is 11.5 Å². The Balaban J connectivity index is 0.000000915. The number of hydrogen-bond donors (Lipinski definition) is 4. The normalized spacial score (nSPS) is 10.6. The number of benzene rings is 2. The number of nitrogens with zero attached hydrogens (tertiary/aromatic N) is 1.